The van der Waals surface area contributed by atoms with Crippen molar-refractivity contribution in [2.24, 2.45) is 0 Å². The van der Waals surface area contributed by atoms with Gasteiger partial charge >= 0.3 is 0 Å². The maximum absolute atomic E-state index is 4.20. The van der Waals surface area contributed by atoms with Crippen LogP contribution in [0, 0.1) is 0 Å². The van der Waals surface area contributed by atoms with Crippen LogP contribution in [-0.2, 0) is 0 Å². The van der Waals surface area contributed by atoms with Gasteiger partial charge < -0.3 is 0 Å². The lowest BCUT2D eigenvalue weighted by Crippen LogP contribution is -1.83. The first-order valence-electron chi connectivity index (χ1n) is 2.85. The summed E-state index contributed by atoms with van der Waals surface area (Å²) in [6.07, 6.45) is 1.64. The number of hydrogen-bond acceptors (Lipinski definition) is 3. The summed E-state index contributed by atoms with van der Waals surface area (Å²) in [6, 6.07) is 5.67. The summed E-state index contributed by atoms with van der Waals surface area (Å²) < 4.78 is 1.81. The molecule has 2 rings (SSSR count). The van der Waals surface area contributed by atoms with Gasteiger partial charge in [-0.2, -0.15) is 0 Å². The van der Waals surface area contributed by atoms with Crippen molar-refractivity contribution in [3.05, 3.63) is 24.5 Å². The number of rotatable bonds is 0. The first-order chi connectivity index (χ1) is 4.88. The molecule has 2 aromatic rings. The fourth-order valence-corrected chi connectivity index (χ4v) is 1.07. The van der Waals surface area contributed by atoms with Gasteiger partial charge in [0.2, 0.25) is 0 Å². The summed E-state index contributed by atoms with van der Waals surface area (Å²) in [5.41, 5.74) is 0.826. The van der Waals surface area contributed by atoms with Crippen LogP contribution in [0.1, 0.15) is 0 Å². The maximum Gasteiger partial charge on any atom is 0.161 e. The largest absolute Gasteiger partial charge is 0.276 e. The van der Waals surface area contributed by atoms with Crippen molar-refractivity contribution in [3.63, 3.8) is 0 Å². The summed E-state index contributed by atoms with van der Waals surface area (Å²) in [6.45, 7) is 0. The Morgan fingerprint density at radius 2 is 2.30 bits per heavy atom. The van der Waals surface area contributed by atoms with Crippen molar-refractivity contribution in [1.82, 2.24) is 14.6 Å². The van der Waals surface area contributed by atoms with Crippen LogP contribution in [0.4, 0.5) is 0 Å². The highest BCUT2D eigenvalue weighted by Crippen LogP contribution is 2.06. The Balaban J connectivity index is 2.95. The first kappa shape index (κ1) is 5.73. The van der Waals surface area contributed by atoms with Gasteiger partial charge in [-0.05, 0) is 12.1 Å². The SMILES string of the molecule is Sc1cccc2nncn12. The van der Waals surface area contributed by atoms with Crippen LogP contribution in [0.3, 0.4) is 0 Å². The van der Waals surface area contributed by atoms with Crippen LogP contribution in [0.5, 0.6) is 0 Å². The van der Waals surface area contributed by atoms with E-state index in [1.54, 1.807) is 6.33 Å². The smallest absolute Gasteiger partial charge is 0.161 e. The monoisotopic (exact) mass is 151 g/mol. The highest BCUT2D eigenvalue weighted by atomic mass is 32.1. The number of pyridine rings is 1. The summed E-state index contributed by atoms with van der Waals surface area (Å²) in [5, 5.41) is 8.42. The van der Waals surface area contributed by atoms with Crippen molar-refractivity contribution in [1.29, 1.82) is 0 Å². The molecule has 0 radical (unpaired) electrons. The molecule has 0 atom stereocenters. The molecule has 0 unspecified atom stereocenters. The molecule has 2 aromatic heterocycles. The van der Waals surface area contributed by atoms with Gasteiger partial charge in [-0.3, -0.25) is 4.40 Å². The van der Waals surface area contributed by atoms with Crippen LogP contribution in [0.15, 0.2) is 29.6 Å². The van der Waals surface area contributed by atoms with Gasteiger partial charge in [0.05, 0.1) is 5.03 Å². The minimum Gasteiger partial charge on any atom is -0.276 e. The molecule has 3 nitrogen and oxygen atoms in total. The molecule has 2 heterocycles. The molecule has 0 spiro atoms. The van der Waals surface area contributed by atoms with Gasteiger partial charge in [0.15, 0.2) is 5.65 Å². The Morgan fingerprint density at radius 1 is 1.40 bits per heavy atom. The molecule has 0 aliphatic heterocycles. The highest BCUT2D eigenvalue weighted by Gasteiger charge is 1.94. The van der Waals surface area contributed by atoms with E-state index in [9.17, 15) is 0 Å². The van der Waals surface area contributed by atoms with Crippen molar-refractivity contribution < 1.29 is 0 Å². The maximum atomic E-state index is 4.20. The minimum absolute atomic E-state index is 0.826. The quantitative estimate of drug-likeness (QED) is 0.570. The molecular weight excluding hydrogens is 146 g/mol. The van der Waals surface area contributed by atoms with Crippen LogP contribution >= 0.6 is 12.6 Å². The van der Waals surface area contributed by atoms with Crippen molar-refractivity contribution in [2.45, 2.75) is 5.03 Å². The van der Waals surface area contributed by atoms with Gasteiger partial charge in [0.25, 0.3) is 0 Å². The molecule has 0 amide bonds. The van der Waals surface area contributed by atoms with E-state index in [1.807, 2.05) is 22.6 Å². The van der Waals surface area contributed by atoms with Crippen molar-refractivity contribution >= 4 is 18.3 Å². The van der Waals surface area contributed by atoms with E-state index in [0.717, 1.165) is 10.7 Å². The van der Waals surface area contributed by atoms with Crippen molar-refractivity contribution in [3.8, 4) is 0 Å². The Morgan fingerprint density at radius 3 is 3.10 bits per heavy atom. The molecule has 0 saturated heterocycles. The summed E-state index contributed by atoms with van der Waals surface area (Å²) in [4.78, 5) is 0. The number of hydrogen-bond donors (Lipinski definition) is 1. The van der Waals surface area contributed by atoms with Crippen molar-refractivity contribution in [2.75, 3.05) is 0 Å². The third-order valence-corrected chi connectivity index (χ3v) is 1.68. The lowest BCUT2D eigenvalue weighted by Gasteiger charge is -1.93. The third-order valence-electron chi connectivity index (χ3n) is 1.31. The van der Waals surface area contributed by atoms with Gasteiger partial charge in [-0.1, -0.05) is 6.07 Å². The molecule has 0 aromatic carbocycles. The molecule has 0 aliphatic rings. The zero-order chi connectivity index (χ0) is 6.97. The van der Waals surface area contributed by atoms with Crippen LogP contribution in [0.2, 0.25) is 0 Å². The van der Waals surface area contributed by atoms with E-state index in [2.05, 4.69) is 22.8 Å². The Bertz CT molecular complexity index is 355. The second kappa shape index (κ2) is 1.98. The van der Waals surface area contributed by atoms with E-state index in [-0.39, 0.29) is 0 Å². The molecule has 10 heavy (non-hydrogen) atoms. The van der Waals surface area contributed by atoms with Crippen LogP contribution < -0.4 is 0 Å². The molecule has 50 valence electrons. The average Bonchev–Trinajstić information content (AvgIpc) is 2.36. The molecule has 0 aliphatic carbocycles. The molecule has 4 heteroatoms. The highest BCUT2D eigenvalue weighted by molar-refractivity contribution is 7.80. The molecular formula is C6H5N3S. The zero-order valence-corrected chi connectivity index (χ0v) is 5.99. The standard InChI is InChI=1S/C6H5N3S/c10-6-3-1-2-5-8-7-4-9(5)6/h1-4,10H. The molecule has 0 fully saturated rings. The van der Waals surface area contributed by atoms with Gasteiger partial charge in [-0.25, -0.2) is 0 Å². The lowest BCUT2D eigenvalue weighted by atomic mass is 10.5. The lowest BCUT2D eigenvalue weighted by molar-refractivity contribution is 1.02. The fourth-order valence-electron chi connectivity index (χ4n) is 0.835. The van der Waals surface area contributed by atoms with E-state index < -0.39 is 0 Å². The van der Waals surface area contributed by atoms with E-state index in [0.29, 0.717) is 0 Å². The predicted molar refractivity (Wildman–Crippen MR) is 40.2 cm³/mol. The predicted octanol–water partition coefficient (Wildman–Crippen LogP) is 1.02. The number of nitrogens with zero attached hydrogens (tertiary/aromatic N) is 3. The normalized spacial score (nSPS) is 10.5. The second-order valence-electron chi connectivity index (χ2n) is 1.94. The number of aromatic nitrogens is 3. The van der Waals surface area contributed by atoms with Crippen LogP contribution in [-0.4, -0.2) is 14.6 Å². The minimum atomic E-state index is 0.826. The van der Waals surface area contributed by atoms with Gasteiger partial charge in [-0.15, -0.1) is 22.8 Å². The molecule has 0 bridgehead atoms. The van der Waals surface area contributed by atoms with E-state index in [1.165, 1.54) is 0 Å². The first-order valence-corrected chi connectivity index (χ1v) is 3.30. The Labute approximate surface area is 63.1 Å². The van der Waals surface area contributed by atoms with E-state index >= 15 is 0 Å². The summed E-state index contributed by atoms with van der Waals surface area (Å²) in [5.74, 6) is 0. The van der Waals surface area contributed by atoms with Gasteiger partial charge in [0.1, 0.15) is 6.33 Å². The van der Waals surface area contributed by atoms with E-state index in [4.69, 9.17) is 0 Å². The second-order valence-corrected chi connectivity index (χ2v) is 2.40. The molecule has 0 N–H and O–H groups in total. The average molecular weight is 151 g/mol. The molecule has 0 saturated carbocycles. The topological polar surface area (TPSA) is 30.2 Å². The summed E-state index contributed by atoms with van der Waals surface area (Å²) in [7, 11) is 0. The Kier molecular flexibility index (Phi) is 1.14. The Hall–Kier alpha value is -1.03. The number of thiol groups is 1. The summed E-state index contributed by atoms with van der Waals surface area (Å²) >= 11 is 4.20. The number of fused-ring (bicyclic) bond motifs is 1. The van der Waals surface area contributed by atoms with Crippen LogP contribution in [0.25, 0.3) is 5.65 Å². The van der Waals surface area contributed by atoms with Gasteiger partial charge in [0, 0.05) is 0 Å². The zero-order valence-electron chi connectivity index (χ0n) is 5.10. The fraction of sp³-hybridized carbons (Fsp3) is 0. The third kappa shape index (κ3) is 0.690.